The first-order valence-corrected chi connectivity index (χ1v) is 6.00. The molecule has 0 saturated heterocycles. The normalized spacial score (nSPS) is 19.1. The molecule has 0 aromatic carbocycles. The Hall–Kier alpha value is -2.12. The van der Waals surface area contributed by atoms with Gasteiger partial charge in [-0.3, -0.25) is 4.79 Å². The molecule has 0 bridgehead atoms. The van der Waals surface area contributed by atoms with Crippen LogP contribution < -0.4 is 10.6 Å². The van der Waals surface area contributed by atoms with Gasteiger partial charge in [0.05, 0.1) is 25.0 Å². The lowest BCUT2D eigenvalue weighted by molar-refractivity contribution is -0.123. The van der Waals surface area contributed by atoms with E-state index in [1.807, 2.05) is 0 Å². The minimum Gasteiger partial charge on any atom is -0.444 e. The molecule has 1 atom stereocenters. The maximum Gasteiger partial charge on any atom is 0.408 e. The van der Waals surface area contributed by atoms with E-state index in [2.05, 4.69) is 20.9 Å². The zero-order chi connectivity index (χ0) is 14.0. The molecule has 2 rings (SSSR count). The van der Waals surface area contributed by atoms with Crippen LogP contribution >= 0.6 is 0 Å². The van der Waals surface area contributed by atoms with Crippen molar-refractivity contribution in [1.29, 1.82) is 0 Å². The molecule has 1 aliphatic heterocycles. The highest BCUT2D eigenvalue weighted by molar-refractivity contribution is 5.85. The molecule has 0 saturated carbocycles. The van der Waals surface area contributed by atoms with Crippen LogP contribution in [0.15, 0.2) is 6.20 Å². The van der Waals surface area contributed by atoms with Crippen molar-refractivity contribution in [2.45, 2.75) is 45.5 Å². The van der Waals surface area contributed by atoms with Gasteiger partial charge in [0.15, 0.2) is 0 Å². The standard InChI is InChI=1S/C11H17N5O3/c1-11(2,3)19-10(18)14-8-6-16-7(5-13-15-16)4-12-9(8)17/h5,8H,4,6H2,1-3H3,(H,12,17)(H,14,18). The van der Waals surface area contributed by atoms with Gasteiger partial charge < -0.3 is 15.4 Å². The third kappa shape index (κ3) is 3.43. The average Bonchev–Trinajstić information content (AvgIpc) is 2.64. The third-order valence-corrected chi connectivity index (χ3v) is 2.50. The van der Waals surface area contributed by atoms with Crippen LogP contribution in [0.2, 0.25) is 0 Å². The Morgan fingerprint density at radius 1 is 1.58 bits per heavy atom. The fourth-order valence-corrected chi connectivity index (χ4v) is 1.69. The first kappa shape index (κ1) is 13.3. The Balaban J connectivity index is 2.03. The second kappa shape index (κ2) is 4.87. The number of aromatic nitrogens is 3. The molecular formula is C11H17N5O3. The molecule has 0 aliphatic carbocycles. The molecule has 1 unspecified atom stereocenters. The molecule has 1 aliphatic rings. The predicted octanol–water partition coefficient (Wildman–Crippen LogP) is -0.199. The van der Waals surface area contributed by atoms with E-state index in [1.165, 1.54) is 0 Å². The van der Waals surface area contributed by atoms with E-state index >= 15 is 0 Å². The van der Waals surface area contributed by atoms with Gasteiger partial charge in [-0.2, -0.15) is 0 Å². The topological polar surface area (TPSA) is 98.1 Å². The van der Waals surface area contributed by atoms with Gasteiger partial charge in [0.25, 0.3) is 0 Å². The van der Waals surface area contributed by atoms with Crippen LogP contribution in [0.3, 0.4) is 0 Å². The Labute approximate surface area is 110 Å². The van der Waals surface area contributed by atoms with Crippen molar-refractivity contribution in [2.75, 3.05) is 0 Å². The van der Waals surface area contributed by atoms with Gasteiger partial charge in [0, 0.05) is 0 Å². The highest BCUT2D eigenvalue weighted by Crippen LogP contribution is 2.08. The van der Waals surface area contributed by atoms with Crippen LogP contribution in [-0.2, 0) is 22.6 Å². The van der Waals surface area contributed by atoms with Gasteiger partial charge >= 0.3 is 6.09 Å². The molecule has 0 fully saturated rings. The van der Waals surface area contributed by atoms with Crippen molar-refractivity contribution in [3.63, 3.8) is 0 Å². The van der Waals surface area contributed by atoms with Gasteiger partial charge in [-0.05, 0) is 20.8 Å². The summed E-state index contributed by atoms with van der Waals surface area (Å²) in [6.45, 7) is 5.86. The van der Waals surface area contributed by atoms with E-state index in [9.17, 15) is 9.59 Å². The molecule has 1 aromatic rings. The number of amides is 2. The van der Waals surface area contributed by atoms with E-state index in [-0.39, 0.29) is 12.5 Å². The summed E-state index contributed by atoms with van der Waals surface area (Å²) in [5.74, 6) is -0.267. The van der Waals surface area contributed by atoms with E-state index in [1.54, 1.807) is 31.6 Å². The lowest BCUT2D eigenvalue weighted by atomic mass is 10.2. The zero-order valence-corrected chi connectivity index (χ0v) is 11.1. The molecule has 8 nitrogen and oxygen atoms in total. The molecule has 8 heteroatoms. The predicted molar refractivity (Wildman–Crippen MR) is 65.0 cm³/mol. The first-order valence-electron chi connectivity index (χ1n) is 6.00. The van der Waals surface area contributed by atoms with Crippen molar-refractivity contribution >= 4 is 12.0 Å². The summed E-state index contributed by atoms with van der Waals surface area (Å²) < 4.78 is 6.71. The second-order valence-electron chi connectivity index (χ2n) is 5.32. The average molecular weight is 267 g/mol. The van der Waals surface area contributed by atoms with Gasteiger partial charge in [0.1, 0.15) is 11.6 Å². The Morgan fingerprint density at radius 3 is 3.00 bits per heavy atom. The van der Waals surface area contributed by atoms with Crippen LogP contribution in [0.1, 0.15) is 26.5 Å². The fourth-order valence-electron chi connectivity index (χ4n) is 1.69. The van der Waals surface area contributed by atoms with E-state index in [0.717, 1.165) is 5.69 Å². The van der Waals surface area contributed by atoms with Gasteiger partial charge in [-0.15, -0.1) is 5.10 Å². The number of ether oxygens (including phenoxy) is 1. The summed E-state index contributed by atoms with van der Waals surface area (Å²) >= 11 is 0. The quantitative estimate of drug-likeness (QED) is 0.734. The molecule has 0 radical (unpaired) electrons. The number of nitrogens with one attached hydrogen (secondary N) is 2. The maximum atomic E-state index is 11.8. The van der Waals surface area contributed by atoms with Crippen molar-refractivity contribution < 1.29 is 14.3 Å². The van der Waals surface area contributed by atoms with Crippen LogP contribution in [0.25, 0.3) is 0 Å². The second-order valence-corrected chi connectivity index (χ2v) is 5.32. The monoisotopic (exact) mass is 267 g/mol. The zero-order valence-electron chi connectivity index (χ0n) is 11.1. The highest BCUT2D eigenvalue weighted by atomic mass is 16.6. The number of fused-ring (bicyclic) bond motifs is 1. The summed E-state index contributed by atoms with van der Waals surface area (Å²) in [6, 6.07) is -0.724. The van der Waals surface area contributed by atoms with Crippen LogP contribution in [0.4, 0.5) is 4.79 Å². The minimum atomic E-state index is -0.724. The lowest BCUT2D eigenvalue weighted by Crippen LogP contribution is -2.48. The van der Waals surface area contributed by atoms with Crippen LogP contribution in [0.5, 0.6) is 0 Å². The Kier molecular flexibility index (Phi) is 3.41. The number of hydrogen-bond donors (Lipinski definition) is 2. The Bertz CT molecular complexity index is 491. The van der Waals surface area contributed by atoms with Crippen LogP contribution in [-0.4, -0.2) is 38.6 Å². The molecule has 1 aromatic heterocycles. The third-order valence-electron chi connectivity index (χ3n) is 2.50. The smallest absolute Gasteiger partial charge is 0.408 e. The molecule has 2 amide bonds. The number of hydrogen-bond acceptors (Lipinski definition) is 5. The summed E-state index contributed by atoms with van der Waals surface area (Å²) in [6.07, 6.45) is 0.951. The lowest BCUT2D eigenvalue weighted by Gasteiger charge is -2.22. The highest BCUT2D eigenvalue weighted by Gasteiger charge is 2.27. The number of nitrogens with zero attached hydrogens (tertiary/aromatic N) is 3. The molecule has 19 heavy (non-hydrogen) atoms. The molecular weight excluding hydrogens is 250 g/mol. The van der Waals surface area contributed by atoms with Gasteiger partial charge in [-0.1, -0.05) is 5.21 Å². The van der Waals surface area contributed by atoms with Crippen molar-refractivity contribution in [2.24, 2.45) is 0 Å². The molecule has 2 N–H and O–H groups in total. The fraction of sp³-hybridized carbons (Fsp3) is 0.636. The molecule has 104 valence electrons. The summed E-state index contributed by atoms with van der Waals surface area (Å²) in [5.41, 5.74) is 0.186. The summed E-state index contributed by atoms with van der Waals surface area (Å²) in [4.78, 5) is 23.5. The number of carbonyl (C=O) groups excluding carboxylic acids is 2. The van der Waals surface area contributed by atoms with Crippen molar-refractivity contribution in [3.8, 4) is 0 Å². The Morgan fingerprint density at radius 2 is 2.32 bits per heavy atom. The summed E-state index contributed by atoms with van der Waals surface area (Å²) in [7, 11) is 0. The molecule has 0 spiro atoms. The summed E-state index contributed by atoms with van der Waals surface area (Å²) in [5, 5.41) is 12.9. The van der Waals surface area contributed by atoms with Crippen molar-refractivity contribution in [3.05, 3.63) is 11.9 Å². The molecule has 2 heterocycles. The van der Waals surface area contributed by atoms with Crippen LogP contribution in [0, 0.1) is 0 Å². The first-order chi connectivity index (χ1) is 8.85. The van der Waals surface area contributed by atoms with Gasteiger partial charge in [0.2, 0.25) is 5.91 Å². The van der Waals surface area contributed by atoms with E-state index < -0.39 is 17.7 Å². The number of alkyl carbamates (subject to hydrolysis) is 1. The van der Waals surface area contributed by atoms with E-state index in [0.29, 0.717) is 6.54 Å². The minimum absolute atomic E-state index is 0.237. The number of rotatable bonds is 1. The van der Waals surface area contributed by atoms with E-state index in [4.69, 9.17) is 4.74 Å². The van der Waals surface area contributed by atoms with Crippen molar-refractivity contribution in [1.82, 2.24) is 25.6 Å². The maximum absolute atomic E-state index is 11.8. The van der Waals surface area contributed by atoms with Gasteiger partial charge in [-0.25, -0.2) is 9.48 Å². The largest absolute Gasteiger partial charge is 0.444 e. The number of carbonyl (C=O) groups is 2. The SMILES string of the molecule is CC(C)(C)OC(=O)NC1Cn2nncc2CNC1=O.